The molecule has 0 spiro atoms. The zero-order valence-corrected chi connectivity index (χ0v) is 11.0. The molecule has 2 rings (SSSR count). The van der Waals surface area contributed by atoms with E-state index in [0.717, 1.165) is 25.7 Å². The van der Waals surface area contributed by atoms with Crippen molar-refractivity contribution in [3.63, 3.8) is 0 Å². The zero-order chi connectivity index (χ0) is 12.0. The van der Waals surface area contributed by atoms with Crippen molar-refractivity contribution in [2.24, 2.45) is 10.8 Å². The Morgan fingerprint density at radius 2 is 2.06 bits per heavy atom. The summed E-state index contributed by atoms with van der Waals surface area (Å²) in [5.41, 5.74) is -0.0210. The summed E-state index contributed by atoms with van der Waals surface area (Å²) in [5.74, 6) is 0.385. The first-order chi connectivity index (χ1) is 7.42. The molecule has 92 valence electrons. The second-order valence-corrected chi connectivity index (χ2v) is 6.23. The quantitative estimate of drug-likeness (QED) is 0.683. The van der Waals surface area contributed by atoms with Crippen LogP contribution >= 0.6 is 0 Å². The second kappa shape index (κ2) is 3.83. The van der Waals surface area contributed by atoms with Crippen LogP contribution in [0.5, 0.6) is 0 Å². The average Bonchev–Trinajstić information content (AvgIpc) is 2.26. The summed E-state index contributed by atoms with van der Waals surface area (Å²) in [6, 6.07) is 0. The number of fused-ring (bicyclic) bond motifs is 1. The van der Waals surface area contributed by atoms with Gasteiger partial charge in [-0.25, -0.2) is 0 Å². The number of ether oxygens (including phenoxy) is 1. The third-order valence-corrected chi connectivity index (χ3v) is 4.90. The lowest BCUT2D eigenvalue weighted by atomic mass is 9.56. The maximum Gasteiger partial charge on any atom is 0.141 e. The Morgan fingerprint density at radius 3 is 2.69 bits per heavy atom. The number of Topliss-reactive ketones (excluding diaryl/α,β-unsaturated/α-hetero) is 1. The summed E-state index contributed by atoms with van der Waals surface area (Å²) in [6.45, 7) is 8.52. The van der Waals surface area contributed by atoms with Gasteiger partial charge in [0.1, 0.15) is 5.78 Å². The van der Waals surface area contributed by atoms with Crippen LogP contribution in [0.15, 0.2) is 0 Å². The first kappa shape index (κ1) is 12.1. The highest BCUT2D eigenvalue weighted by Crippen LogP contribution is 2.53. The summed E-state index contributed by atoms with van der Waals surface area (Å²) < 4.78 is 6.15. The first-order valence-corrected chi connectivity index (χ1v) is 6.61. The fraction of sp³-hybridized carbons (Fsp3) is 0.929. The molecule has 2 fully saturated rings. The molecule has 1 heterocycles. The van der Waals surface area contributed by atoms with E-state index in [9.17, 15) is 4.79 Å². The van der Waals surface area contributed by atoms with Gasteiger partial charge in [0.25, 0.3) is 0 Å². The van der Waals surface area contributed by atoms with E-state index < -0.39 is 0 Å². The molecule has 2 heteroatoms. The minimum atomic E-state index is -0.289. The first-order valence-electron chi connectivity index (χ1n) is 6.61. The summed E-state index contributed by atoms with van der Waals surface area (Å²) >= 11 is 0. The van der Waals surface area contributed by atoms with Crippen LogP contribution in [0, 0.1) is 10.8 Å². The smallest absolute Gasteiger partial charge is 0.141 e. The number of hydrogen-bond donors (Lipinski definition) is 0. The highest BCUT2D eigenvalue weighted by Gasteiger charge is 2.55. The average molecular weight is 224 g/mol. The van der Waals surface area contributed by atoms with Crippen molar-refractivity contribution >= 4 is 5.78 Å². The molecule has 0 aromatic carbocycles. The molecule has 1 aliphatic heterocycles. The minimum Gasteiger partial charge on any atom is -0.374 e. The van der Waals surface area contributed by atoms with Crippen molar-refractivity contribution in [1.29, 1.82) is 0 Å². The van der Waals surface area contributed by atoms with Gasteiger partial charge in [0.05, 0.1) is 17.6 Å². The zero-order valence-electron chi connectivity index (χ0n) is 11.0. The Kier molecular flexibility index (Phi) is 2.90. The van der Waals surface area contributed by atoms with E-state index in [1.807, 2.05) is 0 Å². The molecule has 2 nitrogen and oxygen atoms in total. The van der Waals surface area contributed by atoms with Crippen LogP contribution in [0.25, 0.3) is 0 Å². The molecule has 1 aliphatic carbocycles. The van der Waals surface area contributed by atoms with Gasteiger partial charge in [0.15, 0.2) is 0 Å². The fourth-order valence-electron chi connectivity index (χ4n) is 3.63. The highest BCUT2D eigenvalue weighted by atomic mass is 16.5. The van der Waals surface area contributed by atoms with Crippen LogP contribution < -0.4 is 0 Å². The van der Waals surface area contributed by atoms with Crippen LogP contribution in [0.4, 0.5) is 0 Å². The molecular formula is C14H24O2. The van der Waals surface area contributed by atoms with Crippen molar-refractivity contribution in [2.45, 2.75) is 72.0 Å². The molecule has 0 aromatic heterocycles. The summed E-state index contributed by atoms with van der Waals surface area (Å²) in [4.78, 5) is 12.1. The van der Waals surface area contributed by atoms with Crippen LogP contribution in [0.1, 0.15) is 59.8 Å². The normalized spacial score (nSPS) is 42.9. The topological polar surface area (TPSA) is 26.3 Å². The standard InChI is InChI=1S/C14H24O2/c1-5-14-8-6-10(2)16-12(14)13(3,4)11(15)7-9-14/h10,12H,5-9H2,1-4H3/t10-,12-,14-/m0/s1. The maximum absolute atomic E-state index is 12.1. The fourth-order valence-corrected chi connectivity index (χ4v) is 3.63. The number of carbonyl (C=O) groups is 1. The van der Waals surface area contributed by atoms with Gasteiger partial charge in [0.2, 0.25) is 0 Å². The lowest BCUT2D eigenvalue weighted by molar-refractivity contribution is -0.195. The van der Waals surface area contributed by atoms with Crippen LogP contribution in [-0.2, 0) is 9.53 Å². The van der Waals surface area contributed by atoms with E-state index in [1.54, 1.807) is 0 Å². The number of ketones is 1. The SMILES string of the molecule is CC[C@]12CCC(=O)C(C)(C)[C@@H]1O[C@@H](C)CC2. The lowest BCUT2D eigenvalue weighted by Gasteiger charge is -2.54. The molecular weight excluding hydrogens is 200 g/mol. The number of carbonyl (C=O) groups excluding carboxylic acids is 1. The molecule has 0 radical (unpaired) electrons. The van der Waals surface area contributed by atoms with E-state index in [-0.39, 0.29) is 16.9 Å². The Bertz CT molecular complexity index is 295. The van der Waals surface area contributed by atoms with Crippen molar-refractivity contribution in [1.82, 2.24) is 0 Å². The van der Waals surface area contributed by atoms with Gasteiger partial charge in [0, 0.05) is 6.42 Å². The summed E-state index contributed by atoms with van der Waals surface area (Å²) in [5, 5.41) is 0. The van der Waals surface area contributed by atoms with Crippen molar-refractivity contribution in [2.75, 3.05) is 0 Å². The van der Waals surface area contributed by atoms with Gasteiger partial charge >= 0.3 is 0 Å². The van der Waals surface area contributed by atoms with E-state index >= 15 is 0 Å². The molecule has 1 saturated carbocycles. The molecule has 0 N–H and O–H groups in total. The van der Waals surface area contributed by atoms with Gasteiger partial charge in [-0.3, -0.25) is 4.79 Å². The van der Waals surface area contributed by atoms with Gasteiger partial charge in [-0.05, 0) is 38.0 Å². The third-order valence-electron chi connectivity index (χ3n) is 4.90. The van der Waals surface area contributed by atoms with Crippen molar-refractivity contribution in [3.8, 4) is 0 Å². The minimum absolute atomic E-state index is 0.134. The predicted octanol–water partition coefficient (Wildman–Crippen LogP) is 3.34. The van der Waals surface area contributed by atoms with Crippen LogP contribution in [-0.4, -0.2) is 18.0 Å². The molecule has 0 bridgehead atoms. The van der Waals surface area contributed by atoms with E-state index in [0.29, 0.717) is 11.9 Å². The van der Waals surface area contributed by atoms with Gasteiger partial charge < -0.3 is 4.74 Å². The summed E-state index contributed by atoms with van der Waals surface area (Å²) in [6.07, 6.45) is 5.74. The lowest BCUT2D eigenvalue weighted by Crippen LogP contribution is -2.57. The molecule has 2 aliphatic rings. The molecule has 1 saturated heterocycles. The highest BCUT2D eigenvalue weighted by molar-refractivity contribution is 5.85. The Morgan fingerprint density at radius 1 is 1.38 bits per heavy atom. The second-order valence-electron chi connectivity index (χ2n) is 6.23. The number of hydrogen-bond acceptors (Lipinski definition) is 2. The molecule has 16 heavy (non-hydrogen) atoms. The van der Waals surface area contributed by atoms with Gasteiger partial charge in [-0.1, -0.05) is 20.8 Å². The Hall–Kier alpha value is -0.370. The Labute approximate surface area is 98.7 Å². The van der Waals surface area contributed by atoms with Crippen molar-refractivity contribution < 1.29 is 9.53 Å². The molecule has 0 aromatic rings. The van der Waals surface area contributed by atoms with E-state index in [4.69, 9.17) is 4.74 Å². The van der Waals surface area contributed by atoms with E-state index in [2.05, 4.69) is 27.7 Å². The number of rotatable bonds is 1. The van der Waals surface area contributed by atoms with Crippen LogP contribution in [0.3, 0.4) is 0 Å². The van der Waals surface area contributed by atoms with Gasteiger partial charge in [-0.2, -0.15) is 0 Å². The largest absolute Gasteiger partial charge is 0.374 e. The molecule has 0 amide bonds. The third kappa shape index (κ3) is 1.62. The predicted molar refractivity (Wildman–Crippen MR) is 64.3 cm³/mol. The molecule has 0 unspecified atom stereocenters. The Balaban J connectivity index is 2.33. The monoisotopic (exact) mass is 224 g/mol. The summed E-state index contributed by atoms with van der Waals surface area (Å²) in [7, 11) is 0. The van der Waals surface area contributed by atoms with Gasteiger partial charge in [-0.15, -0.1) is 0 Å². The van der Waals surface area contributed by atoms with E-state index in [1.165, 1.54) is 6.42 Å². The molecule has 3 atom stereocenters. The maximum atomic E-state index is 12.1. The van der Waals surface area contributed by atoms with Crippen LogP contribution in [0.2, 0.25) is 0 Å². The van der Waals surface area contributed by atoms with Crippen molar-refractivity contribution in [3.05, 3.63) is 0 Å².